The highest BCUT2D eigenvalue weighted by molar-refractivity contribution is 6.31. The minimum Gasteiger partial charge on any atom is -0.456 e. The van der Waals surface area contributed by atoms with Crippen molar-refractivity contribution in [2.75, 3.05) is 0 Å². The van der Waals surface area contributed by atoms with Crippen molar-refractivity contribution in [2.45, 2.75) is 0 Å². The van der Waals surface area contributed by atoms with Crippen molar-refractivity contribution in [2.24, 2.45) is 0 Å². The topological polar surface area (TPSA) is 13.1 Å². The third-order valence-electron chi connectivity index (χ3n) is 3.54. The SMILES string of the molecule is Clc1ccc2oc3ccc(-c4ccccc4)cc3c2c1. The van der Waals surface area contributed by atoms with Crippen molar-refractivity contribution in [1.29, 1.82) is 0 Å². The van der Waals surface area contributed by atoms with Crippen LogP contribution in [0.2, 0.25) is 5.02 Å². The molecular formula is C18H11ClO. The molecular weight excluding hydrogens is 268 g/mol. The molecule has 0 N–H and O–H groups in total. The summed E-state index contributed by atoms with van der Waals surface area (Å²) in [6, 6.07) is 22.3. The van der Waals surface area contributed by atoms with Crippen LogP contribution in [-0.2, 0) is 0 Å². The number of fused-ring (bicyclic) bond motifs is 3. The van der Waals surface area contributed by atoms with E-state index in [2.05, 4.69) is 24.3 Å². The number of hydrogen-bond donors (Lipinski definition) is 0. The smallest absolute Gasteiger partial charge is 0.135 e. The van der Waals surface area contributed by atoms with Crippen LogP contribution in [-0.4, -0.2) is 0 Å². The fourth-order valence-corrected chi connectivity index (χ4v) is 2.73. The van der Waals surface area contributed by atoms with Gasteiger partial charge in [-0.05, 0) is 41.5 Å². The van der Waals surface area contributed by atoms with E-state index in [0.29, 0.717) is 0 Å². The molecule has 0 aliphatic heterocycles. The van der Waals surface area contributed by atoms with Gasteiger partial charge in [0.1, 0.15) is 11.2 Å². The number of halogens is 1. The van der Waals surface area contributed by atoms with Gasteiger partial charge in [0.05, 0.1) is 0 Å². The fraction of sp³-hybridized carbons (Fsp3) is 0. The van der Waals surface area contributed by atoms with Crippen LogP contribution in [0.3, 0.4) is 0 Å². The molecule has 0 saturated carbocycles. The van der Waals surface area contributed by atoms with E-state index < -0.39 is 0 Å². The summed E-state index contributed by atoms with van der Waals surface area (Å²) in [6.45, 7) is 0. The Hall–Kier alpha value is -2.25. The second-order valence-electron chi connectivity index (χ2n) is 4.82. The van der Waals surface area contributed by atoms with Crippen LogP contribution < -0.4 is 0 Å². The highest BCUT2D eigenvalue weighted by Crippen LogP contribution is 2.33. The average Bonchev–Trinajstić information content (AvgIpc) is 2.85. The summed E-state index contributed by atoms with van der Waals surface area (Å²) in [5, 5.41) is 2.89. The van der Waals surface area contributed by atoms with Gasteiger partial charge >= 0.3 is 0 Å². The highest BCUT2D eigenvalue weighted by atomic mass is 35.5. The van der Waals surface area contributed by atoms with Crippen LogP contribution in [0.25, 0.3) is 33.1 Å². The third-order valence-corrected chi connectivity index (χ3v) is 3.77. The molecule has 1 nitrogen and oxygen atoms in total. The number of hydrogen-bond acceptors (Lipinski definition) is 1. The number of benzene rings is 3. The Bertz CT molecular complexity index is 907. The summed E-state index contributed by atoms with van der Waals surface area (Å²) in [7, 11) is 0. The summed E-state index contributed by atoms with van der Waals surface area (Å²) in [5.41, 5.74) is 4.14. The van der Waals surface area contributed by atoms with E-state index >= 15 is 0 Å². The normalized spacial score (nSPS) is 11.2. The third kappa shape index (κ3) is 1.79. The molecule has 96 valence electrons. The van der Waals surface area contributed by atoms with Crippen LogP contribution in [0, 0.1) is 0 Å². The molecule has 4 rings (SSSR count). The lowest BCUT2D eigenvalue weighted by molar-refractivity contribution is 0.669. The van der Waals surface area contributed by atoms with E-state index in [1.807, 2.05) is 42.5 Å². The van der Waals surface area contributed by atoms with Gasteiger partial charge in [0.2, 0.25) is 0 Å². The molecule has 0 aliphatic rings. The minimum atomic E-state index is 0.727. The summed E-state index contributed by atoms with van der Waals surface area (Å²) >= 11 is 6.09. The van der Waals surface area contributed by atoms with Gasteiger partial charge in [-0.15, -0.1) is 0 Å². The van der Waals surface area contributed by atoms with Gasteiger partial charge in [-0.25, -0.2) is 0 Å². The molecule has 0 amide bonds. The van der Waals surface area contributed by atoms with Crippen molar-refractivity contribution in [1.82, 2.24) is 0 Å². The first kappa shape index (κ1) is 11.6. The zero-order valence-corrected chi connectivity index (χ0v) is 11.4. The van der Waals surface area contributed by atoms with Crippen LogP contribution in [0.5, 0.6) is 0 Å². The van der Waals surface area contributed by atoms with Crippen molar-refractivity contribution in [3.63, 3.8) is 0 Å². The van der Waals surface area contributed by atoms with Crippen LogP contribution >= 0.6 is 11.6 Å². The van der Waals surface area contributed by atoms with Gasteiger partial charge in [0, 0.05) is 15.8 Å². The second-order valence-corrected chi connectivity index (χ2v) is 5.26. The van der Waals surface area contributed by atoms with Gasteiger partial charge in [-0.2, -0.15) is 0 Å². The Kier molecular flexibility index (Phi) is 2.54. The largest absolute Gasteiger partial charge is 0.456 e. The van der Waals surface area contributed by atoms with Crippen LogP contribution in [0.1, 0.15) is 0 Å². The lowest BCUT2D eigenvalue weighted by Crippen LogP contribution is -1.76. The first-order chi connectivity index (χ1) is 9.81. The van der Waals surface area contributed by atoms with Crippen molar-refractivity contribution >= 4 is 33.5 Å². The summed E-state index contributed by atoms with van der Waals surface area (Å²) in [4.78, 5) is 0. The molecule has 0 atom stereocenters. The molecule has 0 bridgehead atoms. The first-order valence-electron chi connectivity index (χ1n) is 6.48. The maximum atomic E-state index is 6.09. The molecule has 0 unspecified atom stereocenters. The molecule has 4 aromatic rings. The molecule has 0 spiro atoms. The Labute approximate surface area is 121 Å². The zero-order chi connectivity index (χ0) is 13.5. The number of rotatable bonds is 1. The Balaban J connectivity index is 2.03. The fourth-order valence-electron chi connectivity index (χ4n) is 2.56. The van der Waals surface area contributed by atoms with E-state index in [1.165, 1.54) is 11.1 Å². The molecule has 1 aromatic heterocycles. The van der Waals surface area contributed by atoms with E-state index in [-0.39, 0.29) is 0 Å². The van der Waals surface area contributed by atoms with Crippen molar-refractivity contribution in [3.8, 4) is 11.1 Å². The van der Waals surface area contributed by atoms with E-state index in [4.69, 9.17) is 16.0 Å². The molecule has 20 heavy (non-hydrogen) atoms. The Morgan fingerprint density at radius 3 is 2.15 bits per heavy atom. The quantitative estimate of drug-likeness (QED) is 0.422. The number of furan rings is 1. The summed E-state index contributed by atoms with van der Waals surface area (Å²) < 4.78 is 5.84. The summed E-state index contributed by atoms with van der Waals surface area (Å²) in [5.74, 6) is 0. The predicted molar refractivity (Wildman–Crippen MR) is 84.2 cm³/mol. The average molecular weight is 279 g/mol. The van der Waals surface area contributed by atoms with Crippen molar-refractivity contribution in [3.05, 3.63) is 71.8 Å². The highest BCUT2D eigenvalue weighted by Gasteiger charge is 2.08. The maximum Gasteiger partial charge on any atom is 0.135 e. The van der Waals surface area contributed by atoms with Gasteiger partial charge < -0.3 is 4.42 Å². The molecule has 2 heteroatoms. The van der Waals surface area contributed by atoms with Crippen LogP contribution in [0.4, 0.5) is 0 Å². The van der Waals surface area contributed by atoms with E-state index in [9.17, 15) is 0 Å². The van der Waals surface area contributed by atoms with E-state index in [0.717, 1.165) is 27.0 Å². The van der Waals surface area contributed by atoms with Gasteiger partial charge in [-0.3, -0.25) is 0 Å². The first-order valence-corrected chi connectivity index (χ1v) is 6.86. The predicted octanol–water partition coefficient (Wildman–Crippen LogP) is 5.91. The van der Waals surface area contributed by atoms with Crippen LogP contribution in [0.15, 0.2) is 71.1 Å². The monoisotopic (exact) mass is 278 g/mol. The molecule has 3 aromatic carbocycles. The second kappa shape index (κ2) is 4.39. The van der Waals surface area contributed by atoms with Gasteiger partial charge in [0.25, 0.3) is 0 Å². The van der Waals surface area contributed by atoms with Gasteiger partial charge in [0.15, 0.2) is 0 Å². The molecule has 0 fully saturated rings. The molecule has 0 aliphatic carbocycles. The lowest BCUT2D eigenvalue weighted by atomic mass is 10.0. The summed E-state index contributed by atoms with van der Waals surface area (Å²) in [6.07, 6.45) is 0. The molecule has 1 heterocycles. The maximum absolute atomic E-state index is 6.09. The molecule has 0 radical (unpaired) electrons. The van der Waals surface area contributed by atoms with E-state index in [1.54, 1.807) is 0 Å². The minimum absolute atomic E-state index is 0.727. The molecule has 0 saturated heterocycles. The zero-order valence-electron chi connectivity index (χ0n) is 10.6. The van der Waals surface area contributed by atoms with Gasteiger partial charge in [-0.1, -0.05) is 48.0 Å². The Morgan fingerprint density at radius 1 is 0.650 bits per heavy atom. The van der Waals surface area contributed by atoms with Crippen molar-refractivity contribution < 1.29 is 4.42 Å². The Morgan fingerprint density at radius 2 is 1.35 bits per heavy atom. The lowest BCUT2D eigenvalue weighted by Gasteiger charge is -2.01. The standard InChI is InChI=1S/C18H11ClO/c19-14-7-9-18-16(11-14)15-10-13(6-8-17(15)20-18)12-4-2-1-3-5-12/h1-11H.